The lowest BCUT2D eigenvalue weighted by molar-refractivity contribution is 0.417. The molecule has 0 amide bonds. The molecule has 0 unspecified atom stereocenters. The molecule has 1 aromatic carbocycles. The van der Waals surface area contributed by atoms with Crippen molar-refractivity contribution in [2.75, 3.05) is 18.0 Å². The second kappa shape index (κ2) is 7.54. The van der Waals surface area contributed by atoms with E-state index in [-0.39, 0.29) is 0 Å². The van der Waals surface area contributed by atoms with E-state index in [1.807, 2.05) is 0 Å². The Morgan fingerprint density at radius 2 is 1.84 bits per heavy atom. The van der Waals surface area contributed by atoms with Crippen LogP contribution in [0, 0.1) is 0 Å². The average molecular weight is 260 g/mol. The molecule has 2 rings (SSSR count). The minimum Gasteiger partial charge on any atom is -0.369 e. The lowest BCUT2D eigenvalue weighted by atomic mass is 9.93. The van der Waals surface area contributed by atoms with Gasteiger partial charge in [0.15, 0.2) is 0 Å². The van der Waals surface area contributed by atoms with Crippen LogP contribution in [0.5, 0.6) is 0 Å². The summed E-state index contributed by atoms with van der Waals surface area (Å²) in [5.74, 6) is 0. The highest BCUT2D eigenvalue weighted by Gasteiger charge is 2.21. The first-order valence-electron chi connectivity index (χ1n) is 7.92. The Labute approximate surface area is 118 Å². The SMILES string of the molecule is CCNCc1ccccc1N(CC)C1CCCCC1. The lowest BCUT2D eigenvalue weighted by Gasteiger charge is -2.36. The van der Waals surface area contributed by atoms with Gasteiger partial charge in [-0.25, -0.2) is 0 Å². The molecule has 1 N–H and O–H groups in total. The zero-order valence-corrected chi connectivity index (χ0v) is 12.5. The zero-order valence-electron chi connectivity index (χ0n) is 12.5. The average Bonchev–Trinajstić information content (AvgIpc) is 2.48. The quantitative estimate of drug-likeness (QED) is 0.833. The van der Waals surface area contributed by atoms with Gasteiger partial charge in [0.2, 0.25) is 0 Å². The minimum atomic E-state index is 0.751. The Balaban J connectivity index is 2.16. The van der Waals surface area contributed by atoms with E-state index >= 15 is 0 Å². The van der Waals surface area contributed by atoms with E-state index in [2.05, 4.69) is 48.3 Å². The first kappa shape index (κ1) is 14.4. The van der Waals surface area contributed by atoms with Crippen LogP contribution in [0.25, 0.3) is 0 Å². The fraction of sp³-hybridized carbons (Fsp3) is 0.647. The van der Waals surface area contributed by atoms with Gasteiger partial charge in [-0.1, -0.05) is 44.4 Å². The molecule has 1 aliphatic carbocycles. The van der Waals surface area contributed by atoms with Crippen molar-refractivity contribution < 1.29 is 0 Å². The van der Waals surface area contributed by atoms with Crippen LogP contribution in [0.3, 0.4) is 0 Å². The summed E-state index contributed by atoms with van der Waals surface area (Å²) in [4.78, 5) is 2.63. The predicted molar refractivity (Wildman–Crippen MR) is 83.7 cm³/mol. The molecular formula is C17H28N2. The van der Waals surface area contributed by atoms with Gasteiger partial charge in [-0.05, 0) is 37.9 Å². The van der Waals surface area contributed by atoms with Crippen LogP contribution in [-0.2, 0) is 6.54 Å². The zero-order chi connectivity index (χ0) is 13.5. The van der Waals surface area contributed by atoms with Crippen LogP contribution in [0.2, 0.25) is 0 Å². The van der Waals surface area contributed by atoms with Gasteiger partial charge in [0.25, 0.3) is 0 Å². The van der Waals surface area contributed by atoms with Crippen molar-refractivity contribution in [3.05, 3.63) is 29.8 Å². The highest BCUT2D eigenvalue weighted by Crippen LogP contribution is 2.29. The number of anilines is 1. The summed E-state index contributed by atoms with van der Waals surface area (Å²) in [7, 11) is 0. The minimum absolute atomic E-state index is 0.751. The Morgan fingerprint density at radius 1 is 1.11 bits per heavy atom. The molecule has 0 bridgehead atoms. The van der Waals surface area contributed by atoms with Crippen molar-refractivity contribution in [1.29, 1.82) is 0 Å². The molecular weight excluding hydrogens is 232 g/mol. The molecule has 0 spiro atoms. The molecule has 1 saturated carbocycles. The molecule has 1 aromatic rings. The molecule has 19 heavy (non-hydrogen) atoms. The Kier molecular flexibility index (Phi) is 5.71. The highest BCUT2D eigenvalue weighted by atomic mass is 15.2. The third-order valence-corrected chi connectivity index (χ3v) is 4.22. The van der Waals surface area contributed by atoms with Crippen molar-refractivity contribution >= 4 is 5.69 Å². The molecule has 0 aromatic heterocycles. The van der Waals surface area contributed by atoms with E-state index in [0.717, 1.165) is 25.7 Å². The maximum Gasteiger partial charge on any atom is 0.0414 e. The van der Waals surface area contributed by atoms with Gasteiger partial charge >= 0.3 is 0 Å². The third kappa shape index (κ3) is 3.73. The van der Waals surface area contributed by atoms with Gasteiger partial charge in [0.1, 0.15) is 0 Å². The van der Waals surface area contributed by atoms with Gasteiger partial charge in [0.05, 0.1) is 0 Å². The number of para-hydroxylation sites is 1. The molecule has 0 saturated heterocycles. The fourth-order valence-electron chi connectivity index (χ4n) is 3.22. The summed E-state index contributed by atoms with van der Waals surface area (Å²) in [6.45, 7) is 7.59. The van der Waals surface area contributed by atoms with Crippen LogP contribution in [0.15, 0.2) is 24.3 Å². The first-order valence-corrected chi connectivity index (χ1v) is 7.92. The first-order chi connectivity index (χ1) is 9.36. The van der Waals surface area contributed by atoms with Gasteiger partial charge in [-0.3, -0.25) is 0 Å². The van der Waals surface area contributed by atoms with Gasteiger partial charge in [-0.15, -0.1) is 0 Å². The van der Waals surface area contributed by atoms with Gasteiger partial charge in [0, 0.05) is 24.8 Å². The summed E-state index contributed by atoms with van der Waals surface area (Å²) in [6, 6.07) is 9.65. The van der Waals surface area contributed by atoms with Crippen LogP contribution in [-0.4, -0.2) is 19.1 Å². The van der Waals surface area contributed by atoms with Crippen molar-refractivity contribution in [1.82, 2.24) is 5.32 Å². The molecule has 1 aliphatic rings. The summed E-state index contributed by atoms with van der Waals surface area (Å²) >= 11 is 0. The standard InChI is InChI=1S/C17H28N2/c1-3-18-14-15-10-8-9-13-17(15)19(4-2)16-11-6-5-7-12-16/h8-10,13,16,18H,3-7,11-12,14H2,1-2H3. The molecule has 0 aliphatic heterocycles. The van der Waals surface area contributed by atoms with Crippen molar-refractivity contribution in [2.24, 2.45) is 0 Å². The molecule has 0 atom stereocenters. The van der Waals surface area contributed by atoms with Crippen LogP contribution in [0.1, 0.15) is 51.5 Å². The van der Waals surface area contributed by atoms with E-state index in [9.17, 15) is 0 Å². The Hall–Kier alpha value is -1.02. The van der Waals surface area contributed by atoms with E-state index in [1.54, 1.807) is 0 Å². The maximum atomic E-state index is 3.46. The van der Waals surface area contributed by atoms with Crippen LogP contribution >= 0.6 is 0 Å². The van der Waals surface area contributed by atoms with Crippen molar-refractivity contribution in [3.63, 3.8) is 0 Å². The van der Waals surface area contributed by atoms with E-state index in [0.29, 0.717) is 0 Å². The maximum absolute atomic E-state index is 3.46. The summed E-state index contributed by atoms with van der Waals surface area (Å²) in [5.41, 5.74) is 2.88. The number of hydrogen-bond donors (Lipinski definition) is 1. The van der Waals surface area contributed by atoms with Crippen LogP contribution in [0.4, 0.5) is 5.69 Å². The Bertz CT molecular complexity index is 369. The lowest BCUT2D eigenvalue weighted by Crippen LogP contribution is -2.37. The number of rotatable bonds is 6. The predicted octanol–water partition coefficient (Wildman–Crippen LogP) is 3.96. The number of nitrogens with zero attached hydrogens (tertiary/aromatic N) is 1. The summed E-state index contributed by atoms with van der Waals surface area (Å²) in [6.07, 6.45) is 6.95. The van der Waals surface area contributed by atoms with E-state index in [1.165, 1.54) is 43.4 Å². The van der Waals surface area contributed by atoms with Crippen LogP contribution < -0.4 is 10.2 Å². The van der Waals surface area contributed by atoms with Crippen molar-refractivity contribution in [3.8, 4) is 0 Å². The van der Waals surface area contributed by atoms with Gasteiger partial charge < -0.3 is 10.2 Å². The molecule has 2 heteroatoms. The molecule has 0 heterocycles. The fourth-order valence-corrected chi connectivity index (χ4v) is 3.22. The second-order valence-electron chi connectivity index (χ2n) is 5.49. The Morgan fingerprint density at radius 3 is 2.53 bits per heavy atom. The number of benzene rings is 1. The summed E-state index contributed by atoms with van der Waals surface area (Å²) in [5, 5.41) is 3.46. The molecule has 2 nitrogen and oxygen atoms in total. The van der Waals surface area contributed by atoms with E-state index < -0.39 is 0 Å². The monoisotopic (exact) mass is 260 g/mol. The highest BCUT2D eigenvalue weighted by molar-refractivity contribution is 5.54. The largest absolute Gasteiger partial charge is 0.369 e. The molecule has 106 valence electrons. The summed E-state index contributed by atoms with van der Waals surface area (Å²) < 4.78 is 0. The van der Waals surface area contributed by atoms with Gasteiger partial charge in [-0.2, -0.15) is 0 Å². The normalized spacial score (nSPS) is 16.5. The second-order valence-corrected chi connectivity index (χ2v) is 5.49. The molecule has 0 radical (unpaired) electrons. The topological polar surface area (TPSA) is 15.3 Å². The van der Waals surface area contributed by atoms with Crippen molar-refractivity contribution in [2.45, 2.75) is 58.5 Å². The van der Waals surface area contributed by atoms with E-state index in [4.69, 9.17) is 0 Å². The number of nitrogens with one attached hydrogen (secondary N) is 1. The smallest absolute Gasteiger partial charge is 0.0414 e. The molecule has 1 fully saturated rings. The number of hydrogen-bond acceptors (Lipinski definition) is 2. The third-order valence-electron chi connectivity index (χ3n) is 4.22.